The first-order valence-electron chi connectivity index (χ1n) is 7.66. The van der Waals surface area contributed by atoms with Gasteiger partial charge in [-0.05, 0) is 56.6 Å². The van der Waals surface area contributed by atoms with Crippen molar-refractivity contribution < 1.29 is 4.79 Å². The van der Waals surface area contributed by atoms with Crippen molar-refractivity contribution in [1.29, 1.82) is 0 Å². The summed E-state index contributed by atoms with van der Waals surface area (Å²) in [5.74, 6) is 1.34. The van der Waals surface area contributed by atoms with Gasteiger partial charge in [-0.2, -0.15) is 0 Å². The predicted molar refractivity (Wildman–Crippen MR) is 95.9 cm³/mol. The number of benzene rings is 1. The highest BCUT2D eigenvalue weighted by atomic mass is 35.5. The van der Waals surface area contributed by atoms with E-state index in [9.17, 15) is 4.79 Å². The molecule has 0 spiro atoms. The maximum Gasteiger partial charge on any atom is 0.230 e. The van der Waals surface area contributed by atoms with E-state index in [1.165, 1.54) is 25.9 Å². The topological polar surface area (TPSA) is 32.3 Å². The number of carbonyl (C=O) groups excluding carboxylic acids is 1. The molecule has 0 aromatic heterocycles. The van der Waals surface area contributed by atoms with Gasteiger partial charge in [0, 0.05) is 12.3 Å². The number of halogens is 2. The van der Waals surface area contributed by atoms with Gasteiger partial charge >= 0.3 is 0 Å². The highest BCUT2D eigenvalue weighted by molar-refractivity contribution is 7.99. The molecule has 2 rings (SSSR count). The zero-order chi connectivity index (χ0) is 15.8. The highest BCUT2D eigenvalue weighted by Gasteiger charge is 2.10. The maximum absolute atomic E-state index is 11.8. The van der Waals surface area contributed by atoms with Crippen LogP contribution in [0.5, 0.6) is 0 Å². The number of amides is 1. The minimum atomic E-state index is 0.103. The van der Waals surface area contributed by atoms with Crippen molar-refractivity contribution >= 4 is 40.9 Å². The number of rotatable bonds is 8. The largest absolute Gasteiger partial charge is 0.355 e. The van der Waals surface area contributed by atoms with E-state index in [1.807, 2.05) is 12.1 Å². The summed E-state index contributed by atoms with van der Waals surface area (Å²) in [6.07, 6.45) is 3.67. The van der Waals surface area contributed by atoms with Gasteiger partial charge in [0.1, 0.15) is 0 Å². The van der Waals surface area contributed by atoms with Crippen molar-refractivity contribution in [2.45, 2.75) is 25.0 Å². The van der Waals surface area contributed by atoms with Crippen molar-refractivity contribution in [3.05, 3.63) is 33.8 Å². The number of nitrogens with one attached hydrogen (secondary N) is 1. The third-order valence-electron chi connectivity index (χ3n) is 3.66. The summed E-state index contributed by atoms with van der Waals surface area (Å²) in [6.45, 7) is 4.29. The predicted octanol–water partition coefficient (Wildman–Crippen LogP) is 3.83. The van der Waals surface area contributed by atoms with Crippen LogP contribution in [0.4, 0.5) is 0 Å². The first-order valence-corrected chi connectivity index (χ1v) is 9.57. The summed E-state index contributed by atoms with van der Waals surface area (Å²) >= 11 is 13.4. The van der Waals surface area contributed by atoms with Gasteiger partial charge in [0.15, 0.2) is 0 Å². The van der Waals surface area contributed by atoms with Crippen LogP contribution >= 0.6 is 35.0 Å². The molecule has 22 heavy (non-hydrogen) atoms. The average Bonchev–Trinajstić information content (AvgIpc) is 3.01. The summed E-state index contributed by atoms with van der Waals surface area (Å²) in [5.41, 5.74) is 1.08. The Balaban J connectivity index is 1.54. The second-order valence-corrected chi connectivity index (χ2v) is 7.29. The van der Waals surface area contributed by atoms with E-state index in [1.54, 1.807) is 17.8 Å². The van der Waals surface area contributed by atoms with Crippen LogP contribution in [-0.4, -0.2) is 42.7 Å². The molecule has 1 aromatic carbocycles. The zero-order valence-electron chi connectivity index (χ0n) is 12.6. The standard InChI is InChI=1S/C16H22Cl2N2OS/c17-14-5-4-13(10-15(14)18)11-22-12-16(21)19-6-3-9-20-7-1-2-8-20/h4-5,10H,1-3,6-9,11-12H2,(H,19,21). The SMILES string of the molecule is O=C(CSCc1ccc(Cl)c(Cl)c1)NCCCN1CCCC1. The molecule has 0 bridgehead atoms. The monoisotopic (exact) mass is 360 g/mol. The Labute approximate surface area is 146 Å². The van der Waals surface area contributed by atoms with Gasteiger partial charge in [-0.25, -0.2) is 0 Å². The Morgan fingerprint density at radius 2 is 2.00 bits per heavy atom. The van der Waals surface area contributed by atoms with Gasteiger partial charge in [0.25, 0.3) is 0 Å². The van der Waals surface area contributed by atoms with Crippen LogP contribution in [0.15, 0.2) is 18.2 Å². The lowest BCUT2D eigenvalue weighted by Gasteiger charge is -2.14. The zero-order valence-corrected chi connectivity index (χ0v) is 14.9. The van der Waals surface area contributed by atoms with Crippen molar-refractivity contribution in [2.24, 2.45) is 0 Å². The third kappa shape index (κ3) is 6.37. The molecule has 1 saturated heterocycles. The first-order chi connectivity index (χ1) is 10.6. The van der Waals surface area contributed by atoms with Crippen molar-refractivity contribution in [3.63, 3.8) is 0 Å². The summed E-state index contributed by atoms with van der Waals surface area (Å²) in [6, 6.07) is 5.58. The van der Waals surface area contributed by atoms with E-state index in [2.05, 4.69) is 10.2 Å². The normalized spacial score (nSPS) is 15.2. The summed E-state index contributed by atoms with van der Waals surface area (Å²) in [7, 11) is 0. The van der Waals surface area contributed by atoms with Gasteiger partial charge < -0.3 is 10.2 Å². The Hall–Kier alpha value is -0.420. The Kier molecular flexibility index (Phi) is 7.87. The fourth-order valence-electron chi connectivity index (χ4n) is 2.48. The minimum absolute atomic E-state index is 0.103. The summed E-state index contributed by atoms with van der Waals surface area (Å²) < 4.78 is 0. The third-order valence-corrected chi connectivity index (χ3v) is 5.40. The number of hydrogen-bond acceptors (Lipinski definition) is 3. The second-order valence-electron chi connectivity index (χ2n) is 5.49. The van der Waals surface area contributed by atoms with Crippen LogP contribution in [0.2, 0.25) is 10.0 Å². The van der Waals surface area contributed by atoms with Crippen LogP contribution in [0.1, 0.15) is 24.8 Å². The number of likely N-dealkylation sites (tertiary alicyclic amines) is 1. The lowest BCUT2D eigenvalue weighted by atomic mass is 10.2. The molecule has 0 radical (unpaired) electrons. The molecular weight excluding hydrogens is 339 g/mol. The van der Waals surface area contributed by atoms with Gasteiger partial charge in [-0.3, -0.25) is 4.79 Å². The first kappa shape index (κ1) is 17.9. The molecule has 1 aliphatic rings. The lowest BCUT2D eigenvalue weighted by Crippen LogP contribution is -2.29. The molecule has 1 aliphatic heterocycles. The molecule has 0 aliphatic carbocycles. The fourth-order valence-corrected chi connectivity index (χ4v) is 3.60. The molecular formula is C16H22Cl2N2OS. The average molecular weight is 361 g/mol. The van der Waals surface area contributed by atoms with E-state index >= 15 is 0 Å². The van der Waals surface area contributed by atoms with E-state index in [0.29, 0.717) is 15.8 Å². The fraction of sp³-hybridized carbons (Fsp3) is 0.562. The summed E-state index contributed by atoms with van der Waals surface area (Å²) in [5, 5.41) is 4.10. The number of thioether (sulfide) groups is 1. The number of carbonyl (C=O) groups is 1. The Morgan fingerprint density at radius 1 is 1.23 bits per heavy atom. The molecule has 1 fully saturated rings. The maximum atomic E-state index is 11.8. The van der Waals surface area contributed by atoms with Crippen LogP contribution in [0, 0.1) is 0 Å². The van der Waals surface area contributed by atoms with Crippen molar-refractivity contribution in [1.82, 2.24) is 10.2 Å². The van der Waals surface area contributed by atoms with Crippen LogP contribution in [0.25, 0.3) is 0 Å². The molecule has 1 aromatic rings. The molecule has 1 amide bonds. The smallest absolute Gasteiger partial charge is 0.230 e. The molecule has 1 N–H and O–H groups in total. The Bertz CT molecular complexity index is 493. The van der Waals surface area contributed by atoms with E-state index in [-0.39, 0.29) is 5.91 Å². The lowest BCUT2D eigenvalue weighted by molar-refractivity contribution is -0.118. The quantitative estimate of drug-likeness (QED) is 0.715. The van der Waals surface area contributed by atoms with Crippen LogP contribution in [-0.2, 0) is 10.5 Å². The van der Waals surface area contributed by atoms with E-state index in [0.717, 1.165) is 30.8 Å². The number of hydrogen-bond donors (Lipinski definition) is 1. The van der Waals surface area contributed by atoms with Gasteiger partial charge in [0.05, 0.1) is 15.8 Å². The molecule has 0 saturated carbocycles. The van der Waals surface area contributed by atoms with Crippen LogP contribution < -0.4 is 5.32 Å². The molecule has 6 heteroatoms. The van der Waals surface area contributed by atoms with E-state index < -0.39 is 0 Å². The van der Waals surface area contributed by atoms with Crippen molar-refractivity contribution in [3.8, 4) is 0 Å². The Morgan fingerprint density at radius 3 is 2.73 bits per heavy atom. The molecule has 122 valence electrons. The molecule has 0 atom stereocenters. The molecule has 1 heterocycles. The van der Waals surface area contributed by atoms with Gasteiger partial charge in [0.2, 0.25) is 5.91 Å². The molecule has 3 nitrogen and oxygen atoms in total. The second kappa shape index (κ2) is 9.66. The van der Waals surface area contributed by atoms with Crippen LogP contribution in [0.3, 0.4) is 0 Å². The van der Waals surface area contributed by atoms with Gasteiger partial charge in [-0.1, -0.05) is 29.3 Å². The highest BCUT2D eigenvalue weighted by Crippen LogP contribution is 2.24. The number of nitrogens with zero attached hydrogens (tertiary/aromatic N) is 1. The van der Waals surface area contributed by atoms with E-state index in [4.69, 9.17) is 23.2 Å². The summed E-state index contributed by atoms with van der Waals surface area (Å²) in [4.78, 5) is 14.2. The molecule has 0 unspecified atom stereocenters. The van der Waals surface area contributed by atoms with Gasteiger partial charge in [-0.15, -0.1) is 11.8 Å². The minimum Gasteiger partial charge on any atom is -0.355 e. The van der Waals surface area contributed by atoms with Crippen molar-refractivity contribution in [2.75, 3.05) is 31.9 Å².